The zero-order valence-corrected chi connectivity index (χ0v) is 44.1. The maximum Gasteiger partial charge on any atom is -1.00 e. The molecule has 0 heterocycles. The molecule has 2 aliphatic rings. The molecule has 0 nitrogen and oxygen atoms in total. The quantitative estimate of drug-likeness (QED) is 0.181. The molecule has 4 aromatic rings. The molecular formula is C54H68Cl4Zr. The number of benzene rings is 4. The van der Waals surface area contributed by atoms with Crippen LogP contribution >= 0.6 is 23.2 Å². The van der Waals surface area contributed by atoms with Crippen LogP contribution in [0.5, 0.6) is 0 Å². The number of fused-ring (bicyclic) bond motifs is 3. The van der Waals surface area contributed by atoms with Gasteiger partial charge in [0.2, 0.25) is 0 Å². The minimum absolute atomic E-state index is 0. The Balaban J connectivity index is 0.00000384. The summed E-state index contributed by atoms with van der Waals surface area (Å²) in [6.45, 7) is 38.3. The topological polar surface area (TPSA) is 0 Å². The van der Waals surface area contributed by atoms with Gasteiger partial charge in [-0.05, 0) is 0 Å². The molecule has 0 N–H and O–H groups in total. The van der Waals surface area contributed by atoms with Crippen LogP contribution in [0.4, 0.5) is 0 Å². The first-order valence-electron chi connectivity index (χ1n) is 21.3. The summed E-state index contributed by atoms with van der Waals surface area (Å²) in [5, 5.41) is 1.55. The van der Waals surface area contributed by atoms with Gasteiger partial charge in [0.1, 0.15) is 0 Å². The SMILES string of the molecule is CCCC1C=C(C(C)(C)C)C=[C]1[Zr+2](=[C](c1cccc(Cl)c1)c1cccc(Cl)c1)[CH]1c2cc(C(C)(C)C)c(C(C)(C)C)cc2-c2cc(C(C)(C)C)c(C(C)(C)C)cc21.[Cl-].[Cl-]. The van der Waals surface area contributed by atoms with E-state index in [1.54, 1.807) is 3.28 Å². The fraction of sp³-hybridized carbons (Fsp3) is 0.463. The zero-order chi connectivity index (χ0) is 42.2. The molecule has 0 amide bonds. The van der Waals surface area contributed by atoms with Crippen LogP contribution in [0, 0.1) is 11.3 Å². The van der Waals surface area contributed by atoms with E-state index in [0.717, 1.165) is 22.9 Å². The van der Waals surface area contributed by atoms with Crippen LogP contribution in [-0.2, 0) is 42.9 Å². The summed E-state index contributed by atoms with van der Waals surface area (Å²) in [6.07, 6.45) is 7.62. The van der Waals surface area contributed by atoms with E-state index in [2.05, 4.69) is 184 Å². The standard InChI is InChI=1S/C29H41.C13H8Cl2.C12H19.2ClH.Zr/c1-26(2,3)22-14-18-13-19-15-23(27(4,5)6)25(29(10,11)12)17-21(19)20(18)16-24(22)28(7,8)9;14-12-5-1-3-10(8-12)7-11-4-2-6-13(15)9-11;1-5-6-10-7-8-11(9-10)12(2,3)4;;;/h13-17H,1-12H3;1-6,8-9H;8-10H,5-6H2,1-4H3;2*1H;/q;;;;;+2/p-2. The van der Waals surface area contributed by atoms with E-state index in [0.29, 0.717) is 5.92 Å². The molecule has 6 rings (SSSR count). The van der Waals surface area contributed by atoms with Gasteiger partial charge in [0, 0.05) is 0 Å². The molecule has 0 radical (unpaired) electrons. The number of hydrogen-bond acceptors (Lipinski definition) is 0. The smallest absolute Gasteiger partial charge is 1.00 e. The molecule has 0 aromatic heterocycles. The second-order valence-corrected chi connectivity index (χ2v) is 29.1. The van der Waals surface area contributed by atoms with Crippen molar-refractivity contribution < 1.29 is 46.1 Å². The van der Waals surface area contributed by atoms with E-state index in [4.69, 9.17) is 23.2 Å². The van der Waals surface area contributed by atoms with Crippen molar-refractivity contribution in [1.29, 1.82) is 0 Å². The number of rotatable bonds is 6. The molecular weight excluding hydrogens is 882 g/mol. The van der Waals surface area contributed by atoms with Gasteiger partial charge in [0.25, 0.3) is 0 Å². The minimum atomic E-state index is -3.22. The van der Waals surface area contributed by atoms with Crippen LogP contribution in [0.25, 0.3) is 11.1 Å². The minimum Gasteiger partial charge on any atom is -1.00 e. The maximum atomic E-state index is 6.97. The van der Waals surface area contributed by atoms with Crippen LogP contribution < -0.4 is 24.8 Å². The Kier molecular flexibility index (Phi) is 15.1. The summed E-state index contributed by atoms with van der Waals surface area (Å²) >= 11 is 10.7. The predicted octanol–water partition coefficient (Wildman–Crippen LogP) is 10.4. The first kappa shape index (κ1) is 49.9. The van der Waals surface area contributed by atoms with Crippen LogP contribution in [0.2, 0.25) is 10.0 Å². The normalized spacial score (nSPS) is 15.6. The Hall–Kier alpha value is -1.73. The van der Waals surface area contributed by atoms with E-state index >= 15 is 0 Å². The van der Waals surface area contributed by atoms with Crippen molar-refractivity contribution in [2.75, 3.05) is 0 Å². The van der Waals surface area contributed by atoms with Crippen LogP contribution in [0.3, 0.4) is 0 Å². The third kappa shape index (κ3) is 10.2. The summed E-state index contributed by atoms with van der Waals surface area (Å²) in [7, 11) is 0. The van der Waals surface area contributed by atoms with Crippen molar-refractivity contribution >= 4 is 26.4 Å². The number of hydrogen-bond donors (Lipinski definition) is 0. The summed E-state index contributed by atoms with van der Waals surface area (Å²) in [5.41, 5.74) is 15.6. The molecule has 2 aliphatic carbocycles. The summed E-state index contributed by atoms with van der Waals surface area (Å²) in [4.78, 5) is 0. The predicted molar refractivity (Wildman–Crippen MR) is 249 cm³/mol. The number of halogens is 4. The van der Waals surface area contributed by atoms with Gasteiger partial charge in [-0.25, -0.2) is 0 Å². The van der Waals surface area contributed by atoms with Gasteiger partial charge < -0.3 is 24.8 Å². The third-order valence-electron chi connectivity index (χ3n) is 12.2. The van der Waals surface area contributed by atoms with Crippen molar-refractivity contribution in [3.8, 4) is 11.1 Å². The van der Waals surface area contributed by atoms with Crippen LogP contribution in [0.15, 0.2) is 93.8 Å². The first-order chi connectivity index (χ1) is 26.2. The molecule has 1 atom stereocenters. The Morgan fingerprint density at radius 3 is 1.27 bits per heavy atom. The fourth-order valence-corrected chi connectivity index (χ4v) is 19.2. The van der Waals surface area contributed by atoms with Crippen molar-refractivity contribution in [2.45, 2.75) is 149 Å². The van der Waals surface area contributed by atoms with Gasteiger partial charge >= 0.3 is 367 Å². The van der Waals surface area contributed by atoms with Crippen molar-refractivity contribution in [2.24, 2.45) is 11.3 Å². The van der Waals surface area contributed by atoms with E-state index in [-0.39, 0.29) is 55.5 Å². The van der Waals surface area contributed by atoms with E-state index < -0.39 is 21.3 Å². The van der Waals surface area contributed by atoms with Crippen molar-refractivity contribution in [3.05, 3.63) is 148 Å². The molecule has 1 unspecified atom stereocenters. The number of allylic oxidation sites excluding steroid dienone is 4. The second kappa shape index (κ2) is 17.8. The largest absolute Gasteiger partial charge is 1.00 e. The van der Waals surface area contributed by atoms with Crippen LogP contribution in [-0.4, -0.2) is 3.21 Å². The fourth-order valence-electron chi connectivity index (χ4n) is 9.28. The molecule has 316 valence electrons. The zero-order valence-electron chi connectivity index (χ0n) is 38.7. The summed E-state index contributed by atoms with van der Waals surface area (Å²) < 4.78 is 3.42. The molecule has 0 saturated heterocycles. The van der Waals surface area contributed by atoms with Gasteiger partial charge in [-0.1, -0.05) is 0 Å². The second-order valence-electron chi connectivity index (χ2n) is 22.1. The van der Waals surface area contributed by atoms with Crippen LogP contribution in [0.1, 0.15) is 172 Å². The molecule has 4 aromatic carbocycles. The van der Waals surface area contributed by atoms with E-state index in [1.807, 2.05) is 12.1 Å². The Bertz CT molecular complexity index is 2170. The van der Waals surface area contributed by atoms with Gasteiger partial charge in [-0.15, -0.1) is 0 Å². The first-order valence-corrected chi connectivity index (χ1v) is 25.9. The molecule has 59 heavy (non-hydrogen) atoms. The van der Waals surface area contributed by atoms with Gasteiger partial charge in [0.05, 0.1) is 0 Å². The summed E-state index contributed by atoms with van der Waals surface area (Å²) in [6, 6.07) is 28.0. The molecule has 0 aliphatic heterocycles. The monoisotopic (exact) mass is 946 g/mol. The average Bonchev–Trinajstić information content (AvgIpc) is 3.63. The molecule has 0 fully saturated rings. The van der Waals surface area contributed by atoms with Gasteiger partial charge in [-0.2, -0.15) is 0 Å². The van der Waals surface area contributed by atoms with E-state index in [1.165, 1.54) is 64.4 Å². The summed E-state index contributed by atoms with van der Waals surface area (Å²) in [5.74, 6) is 0.395. The third-order valence-corrected chi connectivity index (χ3v) is 21.1. The van der Waals surface area contributed by atoms with E-state index in [9.17, 15) is 0 Å². The molecule has 0 saturated carbocycles. The Labute approximate surface area is 389 Å². The molecule has 5 heteroatoms. The average molecular weight is 950 g/mol. The Morgan fingerprint density at radius 1 is 0.542 bits per heavy atom. The maximum absolute atomic E-state index is 6.97. The van der Waals surface area contributed by atoms with Crippen molar-refractivity contribution in [3.63, 3.8) is 0 Å². The molecule has 0 bridgehead atoms. The van der Waals surface area contributed by atoms with Crippen molar-refractivity contribution in [1.82, 2.24) is 0 Å². The van der Waals surface area contributed by atoms with Gasteiger partial charge in [0.15, 0.2) is 0 Å². The molecule has 0 spiro atoms. The van der Waals surface area contributed by atoms with Gasteiger partial charge in [-0.3, -0.25) is 0 Å². The Morgan fingerprint density at radius 2 is 0.932 bits per heavy atom.